The summed E-state index contributed by atoms with van der Waals surface area (Å²) in [5.41, 5.74) is 5.21. The maximum atomic E-state index is 13.8. The molecule has 5 nitrogen and oxygen atoms in total. The van der Waals surface area contributed by atoms with Gasteiger partial charge in [-0.2, -0.15) is 0 Å². The molecule has 2 rings (SSSR count). The Labute approximate surface area is 123 Å². The van der Waals surface area contributed by atoms with Crippen molar-refractivity contribution in [1.82, 2.24) is 4.90 Å². The van der Waals surface area contributed by atoms with Crippen molar-refractivity contribution < 1.29 is 22.5 Å². The predicted octanol–water partition coefficient (Wildman–Crippen LogP) is 0.902. The zero-order valence-electron chi connectivity index (χ0n) is 11.5. The monoisotopic (exact) mass is 318 g/mol. The number of anilines is 1. The van der Waals surface area contributed by atoms with Crippen molar-refractivity contribution in [3.05, 3.63) is 23.8 Å². The fourth-order valence-electron chi connectivity index (χ4n) is 2.08. The summed E-state index contributed by atoms with van der Waals surface area (Å²) >= 11 is 0. The number of benzene rings is 1. The van der Waals surface area contributed by atoms with Crippen LogP contribution >= 0.6 is 0 Å². The van der Waals surface area contributed by atoms with Crippen LogP contribution in [0.2, 0.25) is 0 Å². The highest BCUT2D eigenvalue weighted by Crippen LogP contribution is 2.23. The first-order valence-electron chi connectivity index (χ1n) is 6.43. The first-order valence-corrected chi connectivity index (χ1v) is 7.64. The molecule has 0 saturated carbocycles. The average Bonchev–Trinajstić information content (AvgIpc) is 2.45. The van der Waals surface area contributed by atoms with Gasteiger partial charge in [-0.25, -0.2) is 8.78 Å². The summed E-state index contributed by atoms with van der Waals surface area (Å²) in [7, 11) is -2.13. The van der Waals surface area contributed by atoms with Gasteiger partial charge in [-0.1, -0.05) is 0 Å². The minimum atomic E-state index is -2.13. The topological polar surface area (TPSA) is 72.6 Å². The molecule has 1 aromatic rings. The number of hydrogen-bond donors (Lipinski definition) is 1. The number of nitrogen functional groups attached to an aromatic ring is 1. The standard InChI is InChI=1S/C13H16F2N2O3S/c1-8(13(18)17-2-4-20-5-3-17)21(19)12-10(14)6-9(16)7-11(12)15/h6-8H,2-5,16H2,1H3. The van der Waals surface area contributed by atoms with E-state index in [9.17, 15) is 17.8 Å². The molecule has 1 saturated heterocycles. The van der Waals surface area contributed by atoms with Gasteiger partial charge in [0.15, 0.2) is 0 Å². The third-order valence-electron chi connectivity index (χ3n) is 3.21. The van der Waals surface area contributed by atoms with E-state index < -0.39 is 38.5 Å². The summed E-state index contributed by atoms with van der Waals surface area (Å²) < 4.78 is 45.0. The van der Waals surface area contributed by atoms with Crippen molar-refractivity contribution in [3.8, 4) is 0 Å². The number of hydrogen-bond acceptors (Lipinski definition) is 4. The van der Waals surface area contributed by atoms with Gasteiger partial charge in [0, 0.05) is 18.8 Å². The van der Waals surface area contributed by atoms with Gasteiger partial charge in [0.25, 0.3) is 0 Å². The van der Waals surface area contributed by atoms with Crippen molar-refractivity contribution in [2.24, 2.45) is 0 Å². The molecule has 0 spiro atoms. The van der Waals surface area contributed by atoms with Gasteiger partial charge in [0.1, 0.15) is 21.8 Å². The highest BCUT2D eigenvalue weighted by Gasteiger charge is 2.30. The van der Waals surface area contributed by atoms with Crippen molar-refractivity contribution in [1.29, 1.82) is 0 Å². The molecule has 2 atom stereocenters. The van der Waals surface area contributed by atoms with Crippen LogP contribution < -0.4 is 5.73 Å². The van der Waals surface area contributed by atoms with E-state index in [1.54, 1.807) is 0 Å². The van der Waals surface area contributed by atoms with E-state index in [4.69, 9.17) is 10.5 Å². The molecule has 1 fully saturated rings. The van der Waals surface area contributed by atoms with Crippen molar-refractivity contribution in [3.63, 3.8) is 0 Å². The molecule has 116 valence electrons. The SMILES string of the molecule is CC(C(=O)N1CCOCC1)S(=O)c1c(F)cc(N)cc1F. The van der Waals surface area contributed by atoms with Crippen LogP contribution in [0.3, 0.4) is 0 Å². The maximum absolute atomic E-state index is 13.8. The van der Waals surface area contributed by atoms with Crippen LogP contribution in [0.1, 0.15) is 6.92 Å². The Balaban J connectivity index is 2.21. The molecule has 0 radical (unpaired) electrons. The van der Waals surface area contributed by atoms with Crippen LogP contribution in [0.4, 0.5) is 14.5 Å². The predicted molar refractivity (Wildman–Crippen MR) is 74.0 cm³/mol. The van der Waals surface area contributed by atoms with Crippen molar-refractivity contribution >= 4 is 22.4 Å². The lowest BCUT2D eigenvalue weighted by molar-refractivity contribution is -0.134. The second kappa shape index (κ2) is 6.48. The number of nitrogens with zero attached hydrogens (tertiary/aromatic N) is 1. The van der Waals surface area contributed by atoms with Crippen LogP contribution in [0.15, 0.2) is 17.0 Å². The lowest BCUT2D eigenvalue weighted by Crippen LogP contribution is -2.46. The largest absolute Gasteiger partial charge is 0.399 e. The Bertz CT molecular complexity index is 554. The second-order valence-corrected chi connectivity index (χ2v) is 6.40. The molecular weight excluding hydrogens is 302 g/mol. The fourth-order valence-corrected chi connectivity index (χ4v) is 3.27. The summed E-state index contributed by atoms with van der Waals surface area (Å²) in [6.07, 6.45) is 0. The quantitative estimate of drug-likeness (QED) is 0.841. The molecule has 0 aliphatic carbocycles. The minimum absolute atomic E-state index is 0.0992. The number of rotatable bonds is 3. The molecule has 8 heteroatoms. The molecule has 21 heavy (non-hydrogen) atoms. The van der Waals surface area contributed by atoms with Gasteiger partial charge in [-0.3, -0.25) is 9.00 Å². The molecule has 1 heterocycles. The maximum Gasteiger partial charge on any atom is 0.238 e. The second-order valence-electron chi connectivity index (χ2n) is 4.69. The number of morpholine rings is 1. The molecular formula is C13H16F2N2O3S. The van der Waals surface area contributed by atoms with Crippen LogP contribution in [-0.2, 0) is 20.3 Å². The Morgan fingerprint density at radius 2 is 1.86 bits per heavy atom. The third-order valence-corrected chi connectivity index (χ3v) is 4.85. The first-order chi connectivity index (χ1) is 9.91. The van der Waals surface area contributed by atoms with Crippen LogP contribution in [0, 0.1) is 11.6 Å². The molecule has 1 amide bonds. The highest BCUT2D eigenvalue weighted by molar-refractivity contribution is 7.86. The summed E-state index contributed by atoms with van der Waals surface area (Å²) in [5, 5.41) is -1.05. The van der Waals surface area contributed by atoms with Gasteiger partial charge >= 0.3 is 0 Å². The number of carbonyl (C=O) groups is 1. The van der Waals surface area contributed by atoms with Gasteiger partial charge in [0.2, 0.25) is 5.91 Å². The fraction of sp³-hybridized carbons (Fsp3) is 0.462. The highest BCUT2D eigenvalue weighted by atomic mass is 32.2. The molecule has 0 bridgehead atoms. The number of halogens is 2. The smallest absolute Gasteiger partial charge is 0.238 e. The lowest BCUT2D eigenvalue weighted by atomic mass is 10.3. The van der Waals surface area contributed by atoms with E-state index in [1.165, 1.54) is 11.8 Å². The number of carbonyl (C=O) groups excluding carboxylic acids is 1. The zero-order valence-corrected chi connectivity index (χ0v) is 12.3. The van der Waals surface area contributed by atoms with Gasteiger partial charge in [0.05, 0.1) is 24.0 Å². The third kappa shape index (κ3) is 3.38. The first kappa shape index (κ1) is 15.8. The normalized spacial score (nSPS) is 18.3. The summed E-state index contributed by atoms with van der Waals surface area (Å²) in [4.78, 5) is 13.1. The van der Waals surface area contributed by atoms with Gasteiger partial charge in [-0.15, -0.1) is 0 Å². The van der Waals surface area contributed by atoms with E-state index in [1.807, 2.05) is 0 Å². The number of amides is 1. The molecule has 2 unspecified atom stereocenters. The van der Waals surface area contributed by atoms with E-state index in [2.05, 4.69) is 0 Å². The van der Waals surface area contributed by atoms with Gasteiger partial charge in [-0.05, 0) is 19.1 Å². The molecule has 0 aromatic heterocycles. The minimum Gasteiger partial charge on any atom is -0.399 e. The van der Waals surface area contributed by atoms with Crippen LogP contribution in [-0.4, -0.2) is 46.6 Å². The van der Waals surface area contributed by atoms with E-state index in [-0.39, 0.29) is 5.69 Å². The zero-order chi connectivity index (χ0) is 15.6. The summed E-state index contributed by atoms with van der Waals surface area (Å²) in [5.74, 6) is -2.42. The number of ether oxygens (including phenoxy) is 1. The molecule has 1 aliphatic heterocycles. The van der Waals surface area contributed by atoms with E-state index in [0.29, 0.717) is 26.3 Å². The van der Waals surface area contributed by atoms with Gasteiger partial charge < -0.3 is 15.4 Å². The molecule has 1 aromatic carbocycles. The van der Waals surface area contributed by atoms with Crippen molar-refractivity contribution in [2.45, 2.75) is 17.1 Å². The Morgan fingerprint density at radius 3 is 2.38 bits per heavy atom. The Hall–Kier alpha value is -1.54. The Kier molecular flexibility index (Phi) is 4.89. The van der Waals surface area contributed by atoms with Crippen LogP contribution in [0.5, 0.6) is 0 Å². The lowest BCUT2D eigenvalue weighted by Gasteiger charge is -2.29. The summed E-state index contributed by atoms with van der Waals surface area (Å²) in [6.45, 7) is 2.95. The average molecular weight is 318 g/mol. The Morgan fingerprint density at radius 1 is 1.33 bits per heavy atom. The van der Waals surface area contributed by atoms with Crippen molar-refractivity contribution in [2.75, 3.05) is 32.0 Å². The summed E-state index contributed by atoms with van der Waals surface area (Å²) in [6, 6.07) is 1.78. The molecule has 1 aliphatic rings. The van der Waals surface area contributed by atoms with E-state index >= 15 is 0 Å². The van der Waals surface area contributed by atoms with E-state index in [0.717, 1.165) is 12.1 Å². The number of nitrogens with two attached hydrogens (primary N) is 1. The van der Waals surface area contributed by atoms with Crippen LogP contribution in [0.25, 0.3) is 0 Å². The molecule has 2 N–H and O–H groups in total.